The van der Waals surface area contributed by atoms with Gasteiger partial charge in [0.15, 0.2) is 0 Å². The van der Waals surface area contributed by atoms with Gasteiger partial charge in [-0.25, -0.2) is 4.39 Å². The minimum Gasteiger partial charge on any atom is -0.481 e. The van der Waals surface area contributed by atoms with Crippen molar-refractivity contribution < 1.29 is 14.3 Å². The average Bonchev–Trinajstić information content (AvgIpc) is 1.99. The van der Waals surface area contributed by atoms with Crippen LogP contribution < -0.4 is 5.73 Å². The third kappa shape index (κ3) is 3.00. The van der Waals surface area contributed by atoms with Crippen molar-refractivity contribution in [2.45, 2.75) is 18.9 Å². The number of hydrogen-bond donors (Lipinski definition) is 2. The second-order valence-corrected chi connectivity index (χ2v) is 4.53. The van der Waals surface area contributed by atoms with Crippen LogP contribution in [0, 0.1) is 5.82 Å². The molecule has 15 heavy (non-hydrogen) atoms. The molecule has 0 heterocycles. The van der Waals surface area contributed by atoms with E-state index in [-0.39, 0.29) is 12.0 Å². The van der Waals surface area contributed by atoms with Crippen LogP contribution in [0.5, 0.6) is 0 Å². The molecule has 0 aliphatic carbocycles. The van der Waals surface area contributed by atoms with E-state index in [1.165, 1.54) is 19.1 Å². The maximum absolute atomic E-state index is 13.5. The summed E-state index contributed by atoms with van der Waals surface area (Å²) in [4.78, 5) is 10.6. The van der Waals surface area contributed by atoms with Crippen molar-refractivity contribution in [1.82, 2.24) is 0 Å². The molecule has 1 aromatic carbocycles. The van der Waals surface area contributed by atoms with Crippen molar-refractivity contribution in [2.75, 3.05) is 0 Å². The van der Waals surface area contributed by atoms with Crippen molar-refractivity contribution in [3.63, 3.8) is 0 Å². The van der Waals surface area contributed by atoms with Crippen molar-refractivity contribution >= 4 is 21.9 Å². The molecule has 0 amide bonds. The van der Waals surface area contributed by atoms with Crippen molar-refractivity contribution in [3.8, 4) is 0 Å². The topological polar surface area (TPSA) is 63.3 Å². The SMILES string of the molecule is CC(N)(CC(=O)O)c1ccc(Br)cc1F. The molecule has 3 N–H and O–H groups in total. The minimum absolute atomic E-state index is 0.202. The number of carboxylic acids is 1. The fourth-order valence-electron chi connectivity index (χ4n) is 1.36. The molecule has 0 aliphatic rings. The molecule has 0 aliphatic heterocycles. The Labute approximate surface area is 95.2 Å². The van der Waals surface area contributed by atoms with Crippen molar-refractivity contribution in [3.05, 3.63) is 34.1 Å². The molecular formula is C10H11BrFNO2. The average molecular weight is 276 g/mol. The molecule has 3 nitrogen and oxygen atoms in total. The Bertz CT molecular complexity index is 393. The Morgan fingerprint density at radius 2 is 2.27 bits per heavy atom. The highest BCUT2D eigenvalue weighted by molar-refractivity contribution is 9.10. The lowest BCUT2D eigenvalue weighted by molar-refractivity contribution is -0.138. The lowest BCUT2D eigenvalue weighted by Crippen LogP contribution is -2.36. The van der Waals surface area contributed by atoms with Crippen LogP contribution in [0.2, 0.25) is 0 Å². The standard InChI is InChI=1S/C10H11BrFNO2/c1-10(13,5-9(14)15)7-3-2-6(11)4-8(7)12/h2-4H,5,13H2,1H3,(H,14,15). The van der Waals surface area contributed by atoms with Crippen LogP contribution in [0.4, 0.5) is 4.39 Å². The third-order valence-corrected chi connectivity index (χ3v) is 2.56. The summed E-state index contributed by atoms with van der Waals surface area (Å²) in [6.07, 6.45) is -0.314. The van der Waals surface area contributed by atoms with E-state index in [0.717, 1.165) is 0 Å². The molecular weight excluding hydrogens is 265 g/mol. The van der Waals surface area contributed by atoms with Crippen LogP contribution >= 0.6 is 15.9 Å². The molecule has 0 fully saturated rings. The summed E-state index contributed by atoms with van der Waals surface area (Å²) >= 11 is 3.12. The quantitative estimate of drug-likeness (QED) is 0.889. The zero-order valence-corrected chi connectivity index (χ0v) is 9.71. The molecule has 0 bridgehead atoms. The Balaban J connectivity index is 3.09. The molecule has 82 valence electrons. The first-order valence-corrected chi connectivity index (χ1v) is 5.08. The van der Waals surface area contributed by atoms with E-state index in [2.05, 4.69) is 15.9 Å². The van der Waals surface area contributed by atoms with E-state index >= 15 is 0 Å². The van der Waals surface area contributed by atoms with Crippen molar-refractivity contribution in [1.29, 1.82) is 0 Å². The van der Waals surface area contributed by atoms with Crippen LogP contribution in [-0.4, -0.2) is 11.1 Å². The second kappa shape index (κ2) is 4.28. The highest BCUT2D eigenvalue weighted by atomic mass is 79.9. The molecule has 0 aromatic heterocycles. The smallest absolute Gasteiger partial charge is 0.305 e. The lowest BCUT2D eigenvalue weighted by Gasteiger charge is -2.23. The number of carboxylic acid groups (broad SMARTS) is 1. The zero-order valence-electron chi connectivity index (χ0n) is 8.13. The minimum atomic E-state index is -1.20. The molecule has 1 rings (SSSR count). The number of carbonyl (C=O) groups is 1. The number of halogens is 2. The summed E-state index contributed by atoms with van der Waals surface area (Å²) in [6, 6.07) is 4.38. The van der Waals surface area contributed by atoms with E-state index in [9.17, 15) is 9.18 Å². The van der Waals surface area contributed by atoms with E-state index in [0.29, 0.717) is 4.47 Å². The number of hydrogen-bond acceptors (Lipinski definition) is 2. The summed E-state index contributed by atoms with van der Waals surface area (Å²) in [5.74, 6) is -1.56. The van der Waals surface area contributed by atoms with Gasteiger partial charge in [-0.05, 0) is 19.1 Å². The Hall–Kier alpha value is -0.940. The van der Waals surface area contributed by atoms with Gasteiger partial charge in [0.2, 0.25) is 0 Å². The number of benzene rings is 1. The Morgan fingerprint density at radius 1 is 1.67 bits per heavy atom. The summed E-state index contributed by atoms with van der Waals surface area (Å²) in [5, 5.41) is 8.64. The monoisotopic (exact) mass is 275 g/mol. The fraction of sp³-hybridized carbons (Fsp3) is 0.300. The zero-order chi connectivity index (χ0) is 11.6. The highest BCUT2D eigenvalue weighted by Gasteiger charge is 2.27. The number of aliphatic carboxylic acids is 1. The first-order valence-electron chi connectivity index (χ1n) is 4.29. The third-order valence-electron chi connectivity index (χ3n) is 2.06. The largest absolute Gasteiger partial charge is 0.481 e. The maximum Gasteiger partial charge on any atom is 0.305 e. The molecule has 0 spiro atoms. The van der Waals surface area contributed by atoms with Gasteiger partial charge in [0.1, 0.15) is 5.82 Å². The predicted molar refractivity (Wildman–Crippen MR) is 57.9 cm³/mol. The van der Waals surface area contributed by atoms with Gasteiger partial charge in [-0.1, -0.05) is 22.0 Å². The van der Waals surface area contributed by atoms with Gasteiger partial charge >= 0.3 is 5.97 Å². The van der Waals surface area contributed by atoms with Crippen LogP contribution in [0.1, 0.15) is 18.9 Å². The van der Waals surface area contributed by atoms with Crippen molar-refractivity contribution in [2.24, 2.45) is 5.73 Å². The molecule has 0 saturated carbocycles. The molecule has 0 radical (unpaired) electrons. The molecule has 0 saturated heterocycles. The Kier molecular flexibility index (Phi) is 3.46. The van der Waals surface area contributed by atoms with Crippen LogP contribution in [0.25, 0.3) is 0 Å². The van der Waals surface area contributed by atoms with E-state index < -0.39 is 17.3 Å². The molecule has 1 aromatic rings. The highest BCUT2D eigenvalue weighted by Crippen LogP contribution is 2.26. The summed E-state index contributed by atoms with van der Waals surface area (Å²) in [7, 11) is 0. The van der Waals surface area contributed by atoms with Gasteiger partial charge in [0.05, 0.1) is 12.0 Å². The molecule has 1 unspecified atom stereocenters. The van der Waals surface area contributed by atoms with Gasteiger partial charge in [0, 0.05) is 10.0 Å². The molecule has 1 atom stereocenters. The number of nitrogens with two attached hydrogens (primary N) is 1. The summed E-state index contributed by atoms with van der Waals surface area (Å²) < 4.78 is 14.1. The first kappa shape index (κ1) is 12.1. The lowest BCUT2D eigenvalue weighted by atomic mass is 9.89. The maximum atomic E-state index is 13.5. The van der Waals surface area contributed by atoms with E-state index in [1.54, 1.807) is 6.07 Å². The van der Waals surface area contributed by atoms with Crippen LogP contribution in [0.15, 0.2) is 22.7 Å². The van der Waals surface area contributed by atoms with Gasteiger partial charge < -0.3 is 10.8 Å². The van der Waals surface area contributed by atoms with Gasteiger partial charge in [-0.15, -0.1) is 0 Å². The summed E-state index contributed by atoms with van der Waals surface area (Å²) in [6.45, 7) is 1.49. The predicted octanol–water partition coefficient (Wildman–Crippen LogP) is 2.24. The second-order valence-electron chi connectivity index (χ2n) is 3.61. The molecule has 5 heteroatoms. The van der Waals surface area contributed by atoms with Crippen LogP contribution in [-0.2, 0) is 10.3 Å². The summed E-state index contributed by atoms with van der Waals surface area (Å²) in [5.41, 5.74) is 4.76. The number of rotatable bonds is 3. The van der Waals surface area contributed by atoms with E-state index in [1.807, 2.05) is 0 Å². The van der Waals surface area contributed by atoms with Gasteiger partial charge in [-0.2, -0.15) is 0 Å². The van der Waals surface area contributed by atoms with Crippen LogP contribution in [0.3, 0.4) is 0 Å². The van der Waals surface area contributed by atoms with E-state index in [4.69, 9.17) is 10.8 Å². The fourth-order valence-corrected chi connectivity index (χ4v) is 1.70. The first-order chi connectivity index (χ1) is 6.83. The van der Waals surface area contributed by atoms with Gasteiger partial charge in [-0.3, -0.25) is 4.79 Å². The Morgan fingerprint density at radius 3 is 2.73 bits per heavy atom. The normalized spacial score (nSPS) is 14.7. The van der Waals surface area contributed by atoms with Gasteiger partial charge in [0.25, 0.3) is 0 Å².